The van der Waals surface area contributed by atoms with Crippen LogP contribution in [0.15, 0.2) is 34.4 Å². The molecule has 5 N–H and O–H groups in total. The van der Waals surface area contributed by atoms with E-state index in [2.05, 4.69) is 10.4 Å². The number of pyridine rings is 1. The summed E-state index contributed by atoms with van der Waals surface area (Å²) in [4.78, 5) is 43.1. The average Bonchev–Trinajstić information content (AvgIpc) is 3.28. The molecule has 2 heterocycles. The van der Waals surface area contributed by atoms with Crippen LogP contribution >= 0.6 is 11.3 Å². The summed E-state index contributed by atoms with van der Waals surface area (Å²) >= 11 is 1.60. The summed E-state index contributed by atoms with van der Waals surface area (Å²) in [6, 6.07) is 6.81. The molecule has 0 atom stereocenters. The van der Waals surface area contributed by atoms with Crippen molar-refractivity contribution in [3.8, 4) is 21.7 Å². The first-order chi connectivity index (χ1) is 16.7. The highest BCUT2D eigenvalue weighted by Crippen LogP contribution is 2.60. The Kier molecular flexibility index (Phi) is 4.90. The lowest BCUT2D eigenvalue weighted by molar-refractivity contribution is -0.00689. The monoisotopic (exact) mass is 491 g/mol. The SMILES string of the molecule is Nc1[nH]c(=O)c(C(=O)O)c(-c2ccc(-c3nc(C45CC6CC(CC(C6)C4)C5)cs3)cc2)c1C(=O)O. The molecule has 0 saturated heterocycles. The van der Waals surface area contributed by atoms with Crippen LogP contribution in [-0.4, -0.2) is 32.1 Å². The van der Waals surface area contributed by atoms with Crippen LogP contribution in [0.5, 0.6) is 0 Å². The third kappa shape index (κ3) is 3.48. The summed E-state index contributed by atoms with van der Waals surface area (Å²) in [6.07, 6.45) is 7.84. The number of H-pyrrole nitrogens is 1. The minimum absolute atomic E-state index is 0.203. The number of carboxylic acids is 2. The second kappa shape index (κ2) is 7.78. The molecule has 1 aromatic carbocycles. The van der Waals surface area contributed by atoms with Gasteiger partial charge in [0.15, 0.2) is 0 Å². The Bertz CT molecular complexity index is 1390. The molecule has 35 heavy (non-hydrogen) atoms. The van der Waals surface area contributed by atoms with Gasteiger partial charge in [-0.15, -0.1) is 11.3 Å². The number of nitrogens with zero attached hydrogens (tertiary/aromatic N) is 1. The molecule has 0 unspecified atom stereocenters. The first kappa shape index (κ1) is 22.0. The zero-order chi connectivity index (χ0) is 24.5. The average molecular weight is 492 g/mol. The van der Waals surface area contributed by atoms with E-state index in [9.17, 15) is 24.6 Å². The fourth-order valence-corrected chi connectivity index (χ4v) is 8.14. The van der Waals surface area contributed by atoms with E-state index in [4.69, 9.17) is 10.7 Å². The van der Waals surface area contributed by atoms with Gasteiger partial charge in [-0.3, -0.25) is 4.79 Å². The van der Waals surface area contributed by atoms with Crippen LogP contribution in [0.3, 0.4) is 0 Å². The zero-order valence-corrected chi connectivity index (χ0v) is 19.7. The molecule has 4 aliphatic rings. The van der Waals surface area contributed by atoms with Gasteiger partial charge in [0, 0.05) is 21.9 Å². The maximum Gasteiger partial charge on any atom is 0.342 e. The van der Waals surface area contributed by atoms with Crippen LogP contribution in [0.25, 0.3) is 21.7 Å². The number of carbonyl (C=O) groups is 2. The molecule has 0 radical (unpaired) electrons. The Balaban J connectivity index is 1.36. The Morgan fingerprint density at radius 3 is 2.03 bits per heavy atom. The number of aromatic carboxylic acids is 2. The molecule has 0 spiro atoms. The summed E-state index contributed by atoms with van der Waals surface area (Å²) in [5, 5.41) is 22.3. The predicted octanol–water partition coefficient (Wildman–Crippen LogP) is 4.61. The largest absolute Gasteiger partial charge is 0.478 e. The van der Waals surface area contributed by atoms with Gasteiger partial charge in [0.05, 0.1) is 5.69 Å². The van der Waals surface area contributed by atoms with Gasteiger partial charge in [0.25, 0.3) is 5.56 Å². The summed E-state index contributed by atoms with van der Waals surface area (Å²) in [5.41, 5.74) is 6.06. The van der Waals surface area contributed by atoms with Gasteiger partial charge in [-0.1, -0.05) is 24.3 Å². The molecule has 7 rings (SSSR count). The number of benzene rings is 1. The zero-order valence-electron chi connectivity index (χ0n) is 18.9. The Labute approximate surface area is 204 Å². The first-order valence-electron chi connectivity index (χ1n) is 11.8. The molecule has 4 fully saturated rings. The van der Waals surface area contributed by atoms with Gasteiger partial charge in [0.2, 0.25) is 0 Å². The number of anilines is 1. The molecular weight excluding hydrogens is 466 g/mol. The highest BCUT2D eigenvalue weighted by Gasteiger charge is 2.52. The number of carboxylic acid groups (broad SMARTS) is 2. The van der Waals surface area contributed by atoms with Crippen molar-refractivity contribution in [1.29, 1.82) is 0 Å². The fraction of sp³-hybridized carbons (Fsp3) is 0.385. The standard InChI is InChI=1S/C26H25N3O5S/c27-21-19(24(31)32)18(20(25(33)34)22(30)29-21)15-1-3-16(4-2-15)23-28-17(11-35-23)26-8-12-5-13(9-26)7-14(6-12)10-26/h1-4,11-14H,5-10H2,(H,31,32)(H,33,34)(H3,27,29,30). The van der Waals surface area contributed by atoms with E-state index < -0.39 is 28.6 Å². The highest BCUT2D eigenvalue weighted by atomic mass is 32.1. The van der Waals surface area contributed by atoms with Crippen LogP contribution in [0.2, 0.25) is 0 Å². The summed E-state index contributed by atoms with van der Waals surface area (Å²) in [6.45, 7) is 0. The van der Waals surface area contributed by atoms with E-state index in [1.165, 1.54) is 44.2 Å². The third-order valence-corrected chi connectivity index (χ3v) is 9.07. The van der Waals surface area contributed by atoms with E-state index in [1.54, 1.807) is 35.6 Å². The number of nitrogen functional groups attached to an aromatic ring is 1. The molecular formula is C26H25N3O5S. The second-order valence-corrected chi connectivity index (χ2v) is 11.3. The van der Waals surface area contributed by atoms with Gasteiger partial charge < -0.3 is 20.9 Å². The number of hydrogen-bond donors (Lipinski definition) is 4. The van der Waals surface area contributed by atoms with Crippen molar-refractivity contribution < 1.29 is 19.8 Å². The molecule has 0 amide bonds. The maximum atomic E-state index is 12.3. The van der Waals surface area contributed by atoms with Crippen LogP contribution in [-0.2, 0) is 5.41 Å². The van der Waals surface area contributed by atoms with Crippen LogP contribution in [0.4, 0.5) is 5.82 Å². The van der Waals surface area contributed by atoms with Gasteiger partial charge in [0.1, 0.15) is 22.0 Å². The van der Waals surface area contributed by atoms with E-state index >= 15 is 0 Å². The van der Waals surface area contributed by atoms with Crippen LogP contribution in [0, 0.1) is 17.8 Å². The Morgan fingerprint density at radius 1 is 0.943 bits per heavy atom. The van der Waals surface area contributed by atoms with E-state index in [-0.39, 0.29) is 16.8 Å². The minimum atomic E-state index is -1.52. The first-order valence-corrected chi connectivity index (χ1v) is 12.7. The smallest absolute Gasteiger partial charge is 0.342 e. The topological polar surface area (TPSA) is 146 Å². The molecule has 0 aliphatic heterocycles. The van der Waals surface area contributed by atoms with Crippen molar-refractivity contribution in [1.82, 2.24) is 9.97 Å². The predicted molar refractivity (Wildman–Crippen MR) is 132 cm³/mol. The lowest BCUT2D eigenvalue weighted by Gasteiger charge is -2.56. The van der Waals surface area contributed by atoms with Crippen LogP contribution in [0.1, 0.15) is 64.9 Å². The molecule has 9 heteroatoms. The van der Waals surface area contributed by atoms with Gasteiger partial charge in [-0.05, 0) is 61.8 Å². The van der Waals surface area contributed by atoms with Crippen molar-refractivity contribution in [2.75, 3.05) is 5.73 Å². The van der Waals surface area contributed by atoms with Crippen molar-refractivity contribution in [3.05, 3.63) is 56.8 Å². The molecule has 180 valence electrons. The second-order valence-electron chi connectivity index (χ2n) is 10.4. The summed E-state index contributed by atoms with van der Waals surface area (Å²) < 4.78 is 0. The molecule has 2 aromatic heterocycles. The third-order valence-electron chi connectivity index (χ3n) is 8.18. The highest BCUT2D eigenvalue weighted by molar-refractivity contribution is 7.13. The lowest BCUT2D eigenvalue weighted by Crippen LogP contribution is -2.48. The van der Waals surface area contributed by atoms with E-state index in [0.29, 0.717) is 5.56 Å². The van der Waals surface area contributed by atoms with E-state index in [1.807, 2.05) is 0 Å². The number of thiazole rings is 1. The van der Waals surface area contributed by atoms with Crippen LogP contribution < -0.4 is 11.3 Å². The Morgan fingerprint density at radius 2 is 1.49 bits per heavy atom. The number of nitrogens with two attached hydrogens (primary N) is 1. The Hall–Kier alpha value is -3.46. The quantitative estimate of drug-likeness (QED) is 0.407. The summed E-state index contributed by atoms with van der Waals surface area (Å²) in [5.74, 6) is -0.822. The van der Waals surface area contributed by atoms with Crippen molar-refractivity contribution >= 4 is 29.1 Å². The van der Waals surface area contributed by atoms with Crippen molar-refractivity contribution in [2.45, 2.75) is 43.9 Å². The number of aromatic nitrogens is 2. The molecule has 4 aliphatic carbocycles. The molecule has 8 nitrogen and oxygen atoms in total. The number of rotatable bonds is 5. The molecule has 3 aromatic rings. The van der Waals surface area contributed by atoms with Crippen molar-refractivity contribution in [2.24, 2.45) is 17.8 Å². The normalized spacial score (nSPS) is 26.7. The van der Waals surface area contributed by atoms with Crippen molar-refractivity contribution in [3.63, 3.8) is 0 Å². The van der Waals surface area contributed by atoms with E-state index in [0.717, 1.165) is 28.3 Å². The molecule has 4 saturated carbocycles. The minimum Gasteiger partial charge on any atom is -0.478 e. The summed E-state index contributed by atoms with van der Waals surface area (Å²) in [7, 11) is 0. The van der Waals surface area contributed by atoms with Gasteiger partial charge >= 0.3 is 11.9 Å². The fourth-order valence-electron chi connectivity index (χ4n) is 7.19. The van der Waals surface area contributed by atoms with Gasteiger partial charge in [-0.25, -0.2) is 14.6 Å². The lowest BCUT2D eigenvalue weighted by atomic mass is 9.49. The molecule has 4 bridgehead atoms. The number of nitrogens with one attached hydrogen (secondary N) is 1. The number of aromatic amines is 1. The number of hydrogen-bond acceptors (Lipinski definition) is 6. The maximum absolute atomic E-state index is 12.3. The van der Waals surface area contributed by atoms with Gasteiger partial charge in [-0.2, -0.15) is 0 Å².